The molecule has 1 saturated heterocycles. The van der Waals surface area contributed by atoms with Gasteiger partial charge in [-0.2, -0.15) is 0 Å². The molecule has 0 unspecified atom stereocenters. The molecule has 1 aliphatic heterocycles. The van der Waals surface area contributed by atoms with Crippen LogP contribution >= 0.6 is 0 Å². The molecule has 1 aromatic heterocycles. The summed E-state index contributed by atoms with van der Waals surface area (Å²) in [4.78, 5) is 2.08. The van der Waals surface area contributed by atoms with Gasteiger partial charge in [0.15, 0.2) is 0 Å². The van der Waals surface area contributed by atoms with E-state index in [4.69, 9.17) is 4.42 Å². The van der Waals surface area contributed by atoms with Crippen LogP contribution in [0.5, 0.6) is 0 Å². The molecule has 1 fully saturated rings. The Morgan fingerprint density at radius 1 is 1.12 bits per heavy atom. The quantitative estimate of drug-likeness (QED) is 0.869. The fraction of sp³-hybridized carbons (Fsp3) is 0.474. The summed E-state index contributed by atoms with van der Waals surface area (Å²) in [6.45, 7) is 9.70. The molecule has 0 radical (unpaired) electrons. The molecule has 0 amide bonds. The van der Waals surface area contributed by atoms with Crippen molar-refractivity contribution in [3.63, 3.8) is 0 Å². The van der Waals surface area contributed by atoms with Crippen molar-refractivity contribution in [3.8, 4) is 0 Å². The van der Waals surface area contributed by atoms with Crippen molar-refractivity contribution in [2.24, 2.45) is 0 Å². The van der Waals surface area contributed by atoms with Gasteiger partial charge in [-0.3, -0.25) is 0 Å². The molecule has 2 heterocycles. The molecule has 0 bridgehead atoms. The molecule has 1 aromatic carbocycles. The molecule has 3 rings (SSSR count). The normalized spacial score (nSPS) is 16.1. The highest BCUT2D eigenvalue weighted by Crippen LogP contribution is 2.33. The lowest BCUT2D eigenvalue weighted by Crippen LogP contribution is -2.41. The first-order valence-corrected chi connectivity index (χ1v) is 8.90. The van der Waals surface area contributed by atoms with Gasteiger partial charge in [-0.15, -0.1) is 10.2 Å². The molecular weight excluding hydrogens is 313 g/mol. The molecule has 0 saturated carbocycles. The minimum Gasteiger partial charge on any atom is -0.437 e. The van der Waals surface area contributed by atoms with Crippen LogP contribution in [0.15, 0.2) is 40.3 Å². The van der Waals surface area contributed by atoms with E-state index in [-0.39, 0.29) is 5.41 Å². The third kappa shape index (κ3) is 4.02. The van der Waals surface area contributed by atoms with Gasteiger partial charge >= 0.3 is 7.05 Å². The first-order valence-electron chi connectivity index (χ1n) is 8.90. The van der Waals surface area contributed by atoms with Gasteiger partial charge in [0.2, 0.25) is 11.8 Å². The zero-order valence-corrected chi connectivity index (χ0v) is 15.5. The summed E-state index contributed by atoms with van der Waals surface area (Å²) in [5.74, 6) is 1.24. The van der Waals surface area contributed by atoms with E-state index in [1.54, 1.807) is 0 Å². The van der Waals surface area contributed by atoms with E-state index < -0.39 is 7.05 Å². The highest BCUT2D eigenvalue weighted by Gasteiger charge is 2.27. The Hall–Kier alpha value is -1.92. The summed E-state index contributed by atoms with van der Waals surface area (Å²) in [5.41, 5.74) is 3.29. The van der Waals surface area contributed by atoms with Crippen molar-refractivity contribution in [2.75, 3.05) is 13.1 Å². The van der Waals surface area contributed by atoms with E-state index in [0.29, 0.717) is 11.8 Å². The topological polar surface area (TPSA) is 62.4 Å². The summed E-state index contributed by atoms with van der Waals surface area (Å²) in [5, 5.41) is 18.4. The molecule has 2 aromatic rings. The molecular formula is C19H26BN3O2. The highest BCUT2D eigenvalue weighted by atomic mass is 16.4. The Labute approximate surface area is 149 Å². The SMILES string of the molecule is CB(O)N1CCC(=C(c2ccccc2)c2nnc(C(C)(C)C)o2)CC1. The van der Waals surface area contributed by atoms with Crippen LogP contribution in [0.25, 0.3) is 5.57 Å². The van der Waals surface area contributed by atoms with Crippen LogP contribution < -0.4 is 0 Å². The monoisotopic (exact) mass is 339 g/mol. The van der Waals surface area contributed by atoms with Gasteiger partial charge in [-0.25, -0.2) is 0 Å². The Bertz CT molecular complexity index is 738. The second kappa shape index (κ2) is 7.14. The van der Waals surface area contributed by atoms with E-state index >= 15 is 0 Å². The molecule has 1 aliphatic rings. The van der Waals surface area contributed by atoms with Crippen LogP contribution in [0.2, 0.25) is 6.82 Å². The minimum absolute atomic E-state index is 0.173. The smallest absolute Gasteiger partial charge is 0.376 e. The van der Waals surface area contributed by atoms with E-state index in [0.717, 1.165) is 37.1 Å². The van der Waals surface area contributed by atoms with Crippen molar-refractivity contribution in [1.82, 2.24) is 15.0 Å². The first-order chi connectivity index (χ1) is 11.9. The molecule has 0 aliphatic carbocycles. The average molecular weight is 339 g/mol. The van der Waals surface area contributed by atoms with Gasteiger partial charge in [-0.05, 0) is 38.3 Å². The Morgan fingerprint density at radius 2 is 1.76 bits per heavy atom. The van der Waals surface area contributed by atoms with Crippen LogP contribution in [0.1, 0.15) is 51.0 Å². The van der Waals surface area contributed by atoms with Gasteiger partial charge in [0.25, 0.3) is 0 Å². The van der Waals surface area contributed by atoms with Crippen molar-refractivity contribution < 1.29 is 9.44 Å². The number of rotatable bonds is 3. The lowest BCUT2D eigenvalue weighted by molar-refractivity contribution is 0.345. The summed E-state index contributed by atoms with van der Waals surface area (Å²) in [6.07, 6.45) is 1.78. The summed E-state index contributed by atoms with van der Waals surface area (Å²) >= 11 is 0. The lowest BCUT2D eigenvalue weighted by atomic mass is 9.81. The van der Waals surface area contributed by atoms with Crippen molar-refractivity contribution in [3.05, 3.63) is 53.2 Å². The molecule has 25 heavy (non-hydrogen) atoms. The zero-order valence-electron chi connectivity index (χ0n) is 15.5. The molecule has 0 atom stereocenters. The molecule has 0 spiro atoms. The Balaban J connectivity index is 2.00. The maximum Gasteiger partial charge on any atom is 0.376 e. The number of hydrogen-bond donors (Lipinski definition) is 1. The van der Waals surface area contributed by atoms with Gasteiger partial charge in [0.1, 0.15) is 0 Å². The number of benzene rings is 1. The van der Waals surface area contributed by atoms with Gasteiger partial charge in [0, 0.05) is 11.0 Å². The van der Waals surface area contributed by atoms with Crippen molar-refractivity contribution in [1.29, 1.82) is 0 Å². The first kappa shape index (κ1) is 17.9. The fourth-order valence-corrected chi connectivity index (χ4v) is 3.13. The van der Waals surface area contributed by atoms with Crippen LogP contribution in [0, 0.1) is 0 Å². The second-order valence-corrected chi connectivity index (χ2v) is 7.67. The predicted molar refractivity (Wildman–Crippen MR) is 100 cm³/mol. The van der Waals surface area contributed by atoms with Crippen LogP contribution in [-0.4, -0.2) is 40.2 Å². The number of nitrogens with zero attached hydrogens (tertiary/aromatic N) is 3. The fourth-order valence-electron chi connectivity index (χ4n) is 3.13. The van der Waals surface area contributed by atoms with Crippen LogP contribution in [0.3, 0.4) is 0 Å². The summed E-state index contributed by atoms with van der Waals surface area (Å²) in [7, 11) is -0.405. The lowest BCUT2D eigenvalue weighted by Gasteiger charge is -2.30. The molecule has 1 N–H and O–H groups in total. The number of piperidine rings is 1. The van der Waals surface area contributed by atoms with Crippen molar-refractivity contribution in [2.45, 2.75) is 45.9 Å². The molecule has 5 nitrogen and oxygen atoms in total. The summed E-state index contributed by atoms with van der Waals surface area (Å²) < 4.78 is 6.05. The average Bonchev–Trinajstić information content (AvgIpc) is 3.06. The molecule has 132 valence electrons. The third-order valence-electron chi connectivity index (χ3n) is 4.63. The minimum atomic E-state index is -0.405. The number of aromatic nitrogens is 2. The van der Waals surface area contributed by atoms with E-state index in [2.05, 4.69) is 47.9 Å². The van der Waals surface area contributed by atoms with E-state index in [1.807, 2.05) is 25.0 Å². The third-order valence-corrected chi connectivity index (χ3v) is 4.63. The predicted octanol–water partition coefficient (Wildman–Crippen LogP) is 3.38. The number of hydrogen-bond acceptors (Lipinski definition) is 5. The largest absolute Gasteiger partial charge is 0.437 e. The van der Waals surface area contributed by atoms with Gasteiger partial charge < -0.3 is 14.3 Å². The maximum absolute atomic E-state index is 9.80. The van der Waals surface area contributed by atoms with Crippen molar-refractivity contribution >= 4 is 12.6 Å². The van der Waals surface area contributed by atoms with E-state index in [1.165, 1.54) is 5.57 Å². The van der Waals surface area contributed by atoms with Gasteiger partial charge in [-0.1, -0.05) is 56.7 Å². The standard InChI is InChI=1S/C19H26BN3O2/c1-19(2,3)18-22-21-17(25-18)16(14-8-6-5-7-9-14)15-10-12-23(13-11-15)20(4)24/h5-9,24H,10-13H2,1-4H3. The maximum atomic E-state index is 9.80. The van der Waals surface area contributed by atoms with Gasteiger partial charge in [0.05, 0.1) is 0 Å². The Morgan fingerprint density at radius 3 is 2.28 bits per heavy atom. The van der Waals surface area contributed by atoms with Crippen LogP contribution in [-0.2, 0) is 5.41 Å². The zero-order chi connectivity index (χ0) is 18.0. The Kier molecular flexibility index (Phi) is 5.11. The van der Waals surface area contributed by atoms with Crippen LogP contribution in [0.4, 0.5) is 0 Å². The highest BCUT2D eigenvalue weighted by molar-refractivity contribution is 6.45. The molecule has 6 heteroatoms. The summed E-state index contributed by atoms with van der Waals surface area (Å²) in [6, 6.07) is 10.2. The van der Waals surface area contributed by atoms with E-state index in [9.17, 15) is 5.02 Å². The second-order valence-electron chi connectivity index (χ2n) is 7.67.